The van der Waals surface area contributed by atoms with Crippen molar-refractivity contribution in [3.8, 4) is 6.07 Å². The molecule has 1 aromatic heterocycles. The smallest absolute Gasteiger partial charge is 0.303 e. The number of amides is 1. The lowest BCUT2D eigenvalue weighted by Crippen LogP contribution is -2.11. The molecule has 1 amide bonds. The van der Waals surface area contributed by atoms with Gasteiger partial charge in [0.1, 0.15) is 11.1 Å². The Morgan fingerprint density at radius 2 is 2.11 bits per heavy atom. The molecule has 0 aliphatic rings. The molecule has 0 saturated heterocycles. The Labute approximate surface area is 115 Å². The molecule has 5 nitrogen and oxygen atoms in total. The molecule has 102 valence electrons. The fraction of sp³-hybridized carbons (Fsp3) is 0.462. The van der Waals surface area contributed by atoms with E-state index < -0.39 is 5.97 Å². The standard InChI is InChI=1S/C13H16N2O3S/c1-3-9-8(2)19-13(10(9)7-14)15-11(16)5-4-6-12(17)18/h3-6H2,1-2H3,(H,15,16)(H,17,18). The lowest BCUT2D eigenvalue weighted by molar-refractivity contribution is -0.137. The fourth-order valence-electron chi connectivity index (χ4n) is 1.80. The first-order valence-corrected chi connectivity index (χ1v) is 6.85. The molecule has 0 aliphatic carbocycles. The summed E-state index contributed by atoms with van der Waals surface area (Å²) in [5, 5.41) is 20.9. The average molecular weight is 280 g/mol. The van der Waals surface area contributed by atoms with Gasteiger partial charge in [0.15, 0.2) is 0 Å². The number of nitriles is 1. The van der Waals surface area contributed by atoms with Crippen LogP contribution in [0.2, 0.25) is 0 Å². The molecule has 2 N–H and O–H groups in total. The van der Waals surface area contributed by atoms with Crippen LogP contribution >= 0.6 is 11.3 Å². The molecule has 1 rings (SSSR count). The van der Waals surface area contributed by atoms with Gasteiger partial charge in [-0.3, -0.25) is 9.59 Å². The zero-order valence-electron chi connectivity index (χ0n) is 10.9. The second kappa shape index (κ2) is 6.90. The van der Waals surface area contributed by atoms with E-state index in [-0.39, 0.29) is 18.7 Å². The molecular weight excluding hydrogens is 264 g/mol. The maximum Gasteiger partial charge on any atom is 0.303 e. The number of carboxylic acids is 1. The number of thiophene rings is 1. The van der Waals surface area contributed by atoms with Crippen LogP contribution < -0.4 is 5.32 Å². The van der Waals surface area contributed by atoms with E-state index in [9.17, 15) is 9.59 Å². The van der Waals surface area contributed by atoms with Gasteiger partial charge in [-0.1, -0.05) is 6.92 Å². The van der Waals surface area contributed by atoms with Gasteiger partial charge in [0, 0.05) is 17.7 Å². The summed E-state index contributed by atoms with van der Waals surface area (Å²) in [6.45, 7) is 3.89. The van der Waals surface area contributed by atoms with Gasteiger partial charge in [0.2, 0.25) is 5.91 Å². The highest BCUT2D eigenvalue weighted by Gasteiger charge is 2.16. The molecule has 0 bridgehead atoms. The number of aryl methyl sites for hydroxylation is 1. The molecule has 1 aromatic rings. The van der Waals surface area contributed by atoms with E-state index in [0.717, 1.165) is 16.9 Å². The highest BCUT2D eigenvalue weighted by atomic mass is 32.1. The minimum absolute atomic E-state index is 0.0256. The monoisotopic (exact) mass is 280 g/mol. The molecule has 0 aliphatic heterocycles. The molecule has 0 aromatic carbocycles. The predicted octanol–water partition coefficient (Wildman–Crippen LogP) is 2.68. The van der Waals surface area contributed by atoms with Crippen LogP contribution in [0.1, 0.15) is 42.2 Å². The summed E-state index contributed by atoms with van der Waals surface area (Å²) in [6, 6.07) is 2.12. The summed E-state index contributed by atoms with van der Waals surface area (Å²) >= 11 is 1.39. The van der Waals surface area contributed by atoms with Gasteiger partial charge in [0.25, 0.3) is 0 Å². The van der Waals surface area contributed by atoms with Crippen molar-refractivity contribution in [2.24, 2.45) is 0 Å². The van der Waals surface area contributed by atoms with Crippen LogP contribution in [0, 0.1) is 18.3 Å². The van der Waals surface area contributed by atoms with Gasteiger partial charge in [0.05, 0.1) is 5.56 Å². The number of carboxylic acid groups (broad SMARTS) is 1. The van der Waals surface area contributed by atoms with Crippen molar-refractivity contribution < 1.29 is 14.7 Å². The fourth-order valence-corrected chi connectivity index (χ4v) is 2.91. The number of carbonyl (C=O) groups excluding carboxylic acids is 1. The second-order valence-electron chi connectivity index (χ2n) is 4.10. The number of hydrogen-bond acceptors (Lipinski definition) is 4. The summed E-state index contributed by atoms with van der Waals surface area (Å²) in [5.74, 6) is -1.16. The van der Waals surface area contributed by atoms with Gasteiger partial charge in [-0.15, -0.1) is 11.3 Å². The van der Waals surface area contributed by atoms with Crippen LogP contribution in [0.4, 0.5) is 5.00 Å². The van der Waals surface area contributed by atoms with Crippen molar-refractivity contribution in [3.05, 3.63) is 16.0 Å². The predicted molar refractivity (Wildman–Crippen MR) is 73.3 cm³/mol. The van der Waals surface area contributed by atoms with Crippen molar-refractivity contribution >= 4 is 28.2 Å². The summed E-state index contributed by atoms with van der Waals surface area (Å²) in [4.78, 5) is 23.0. The van der Waals surface area contributed by atoms with Crippen LogP contribution in [0.3, 0.4) is 0 Å². The Morgan fingerprint density at radius 1 is 1.42 bits per heavy atom. The number of nitrogens with one attached hydrogen (secondary N) is 1. The van der Waals surface area contributed by atoms with E-state index in [2.05, 4.69) is 11.4 Å². The molecule has 0 fully saturated rings. The van der Waals surface area contributed by atoms with Gasteiger partial charge >= 0.3 is 5.97 Å². The van der Waals surface area contributed by atoms with Crippen molar-refractivity contribution in [1.82, 2.24) is 0 Å². The molecule has 0 unspecified atom stereocenters. The molecule has 0 saturated carbocycles. The lowest BCUT2D eigenvalue weighted by Gasteiger charge is -2.02. The molecule has 0 radical (unpaired) electrons. The van der Waals surface area contributed by atoms with Gasteiger partial charge in [-0.05, 0) is 25.3 Å². The average Bonchev–Trinajstić information content (AvgIpc) is 2.63. The summed E-state index contributed by atoms with van der Waals surface area (Å²) in [6.07, 6.45) is 1.17. The number of hydrogen-bond donors (Lipinski definition) is 2. The summed E-state index contributed by atoms with van der Waals surface area (Å²) < 4.78 is 0. The molecule has 0 atom stereocenters. The number of rotatable bonds is 6. The summed E-state index contributed by atoms with van der Waals surface area (Å²) in [7, 11) is 0. The van der Waals surface area contributed by atoms with Crippen molar-refractivity contribution in [2.45, 2.75) is 39.5 Å². The topological polar surface area (TPSA) is 90.2 Å². The minimum atomic E-state index is -0.911. The Kier molecular flexibility index (Phi) is 5.52. The van der Waals surface area contributed by atoms with E-state index in [4.69, 9.17) is 10.4 Å². The second-order valence-corrected chi connectivity index (χ2v) is 5.33. The van der Waals surface area contributed by atoms with Crippen molar-refractivity contribution in [2.75, 3.05) is 5.32 Å². The summed E-state index contributed by atoms with van der Waals surface area (Å²) in [5.41, 5.74) is 1.49. The Morgan fingerprint density at radius 3 is 2.63 bits per heavy atom. The molecular formula is C13H16N2O3S. The maximum atomic E-state index is 11.7. The quantitative estimate of drug-likeness (QED) is 0.838. The minimum Gasteiger partial charge on any atom is -0.481 e. The molecule has 19 heavy (non-hydrogen) atoms. The Bertz CT molecular complexity index is 529. The van der Waals surface area contributed by atoms with E-state index in [0.29, 0.717) is 17.0 Å². The number of nitrogens with zero attached hydrogens (tertiary/aromatic N) is 1. The first-order valence-electron chi connectivity index (χ1n) is 6.03. The van der Waals surface area contributed by atoms with E-state index in [1.165, 1.54) is 11.3 Å². The molecule has 6 heteroatoms. The highest BCUT2D eigenvalue weighted by Crippen LogP contribution is 2.32. The first kappa shape index (κ1) is 15.2. The van der Waals surface area contributed by atoms with Crippen LogP contribution in [0.5, 0.6) is 0 Å². The van der Waals surface area contributed by atoms with Gasteiger partial charge in [-0.25, -0.2) is 0 Å². The Hall–Kier alpha value is -1.87. The first-order chi connectivity index (χ1) is 8.99. The third kappa shape index (κ3) is 4.07. The van der Waals surface area contributed by atoms with E-state index in [1.807, 2.05) is 13.8 Å². The molecule has 0 spiro atoms. The van der Waals surface area contributed by atoms with Crippen LogP contribution in [-0.4, -0.2) is 17.0 Å². The van der Waals surface area contributed by atoms with Gasteiger partial charge in [-0.2, -0.15) is 5.26 Å². The number of carbonyl (C=O) groups is 2. The van der Waals surface area contributed by atoms with Crippen LogP contribution in [0.25, 0.3) is 0 Å². The van der Waals surface area contributed by atoms with Crippen LogP contribution in [0.15, 0.2) is 0 Å². The largest absolute Gasteiger partial charge is 0.481 e. The van der Waals surface area contributed by atoms with Crippen LogP contribution in [-0.2, 0) is 16.0 Å². The SMILES string of the molecule is CCc1c(C)sc(NC(=O)CCCC(=O)O)c1C#N. The van der Waals surface area contributed by atoms with Crippen molar-refractivity contribution in [3.63, 3.8) is 0 Å². The Balaban J connectivity index is 2.70. The normalized spacial score (nSPS) is 9.95. The number of aliphatic carboxylic acids is 1. The zero-order valence-corrected chi connectivity index (χ0v) is 11.8. The number of anilines is 1. The third-order valence-electron chi connectivity index (χ3n) is 2.72. The van der Waals surface area contributed by atoms with Gasteiger partial charge < -0.3 is 10.4 Å². The molecule has 1 heterocycles. The van der Waals surface area contributed by atoms with Crippen molar-refractivity contribution in [1.29, 1.82) is 5.26 Å². The van der Waals surface area contributed by atoms with E-state index in [1.54, 1.807) is 0 Å². The third-order valence-corrected chi connectivity index (χ3v) is 3.78. The highest BCUT2D eigenvalue weighted by molar-refractivity contribution is 7.16. The maximum absolute atomic E-state index is 11.7. The van der Waals surface area contributed by atoms with E-state index >= 15 is 0 Å². The lowest BCUT2D eigenvalue weighted by atomic mass is 10.1. The zero-order chi connectivity index (χ0) is 14.4.